The maximum absolute atomic E-state index is 5.25. The molecule has 0 fully saturated rings. The quantitative estimate of drug-likeness (QED) is 0.500. The Hall–Kier alpha value is -3.28. The molecule has 1 heterocycles. The molecule has 2 N–H and O–H groups in total. The van der Waals surface area contributed by atoms with E-state index in [1.165, 1.54) is 5.56 Å². The van der Waals surface area contributed by atoms with E-state index in [9.17, 15) is 0 Å². The third-order valence-electron chi connectivity index (χ3n) is 4.23. The number of rotatable bonds is 7. The van der Waals surface area contributed by atoms with Gasteiger partial charge in [-0.25, -0.2) is 4.68 Å². The van der Waals surface area contributed by atoms with Crippen LogP contribution in [0.1, 0.15) is 11.1 Å². The monoisotopic (exact) mass is 363 g/mol. The van der Waals surface area contributed by atoms with Gasteiger partial charge in [0, 0.05) is 32.5 Å². The van der Waals surface area contributed by atoms with Gasteiger partial charge in [0.1, 0.15) is 5.75 Å². The van der Waals surface area contributed by atoms with E-state index < -0.39 is 0 Å². The zero-order valence-corrected chi connectivity index (χ0v) is 15.7. The van der Waals surface area contributed by atoms with E-state index in [0.29, 0.717) is 6.54 Å². The van der Waals surface area contributed by atoms with Gasteiger partial charge in [-0.3, -0.25) is 4.99 Å². The lowest BCUT2D eigenvalue weighted by Gasteiger charge is -2.12. The zero-order chi connectivity index (χ0) is 18.9. The van der Waals surface area contributed by atoms with Crippen molar-refractivity contribution in [1.82, 2.24) is 20.4 Å². The molecule has 0 radical (unpaired) electrons. The van der Waals surface area contributed by atoms with Crippen LogP contribution in [0.3, 0.4) is 0 Å². The highest BCUT2D eigenvalue weighted by molar-refractivity contribution is 5.79. The van der Waals surface area contributed by atoms with E-state index in [2.05, 4.69) is 51.1 Å². The van der Waals surface area contributed by atoms with Crippen molar-refractivity contribution in [1.29, 1.82) is 0 Å². The fraction of sp³-hybridized carbons (Fsp3) is 0.238. The van der Waals surface area contributed by atoms with Crippen LogP contribution in [0.5, 0.6) is 5.75 Å². The van der Waals surface area contributed by atoms with Gasteiger partial charge in [0.05, 0.1) is 12.8 Å². The minimum Gasteiger partial charge on any atom is -0.497 e. The third-order valence-corrected chi connectivity index (χ3v) is 4.23. The number of nitrogens with zero attached hydrogens (tertiary/aromatic N) is 3. The molecule has 6 heteroatoms. The summed E-state index contributed by atoms with van der Waals surface area (Å²) in [5, 5.41) is 10.9. The molecule has 0 aliphatic rings. The molecule has 2 aromatic carbocycles. The number of guanidine groups is 1. The lowest BCUT2D eigenvalue weighted by Crippen LogP contribution is -2.37. The Labute approximate surface area is 159 Å². The first-order valence-electron chi connectivity index (χ1n) is 8.95. The molecule has 1 aromatic heterocycles. The molecular formula is C21H25N5O. The number of hydrogen-bond acceptors (Lipinski definition) is 3. The summed E-state index contributed by atoms with van der Waals surface area (Å²) in [7, 11) is 3.45. The predicted molar refractivity (Wildman–Crippen MR) is 108 cm³/mol. The van der Waals surface area contributed by atoms with Crippen molar-refractivity contribution in [2.45, 2.75) is 13.0 Å². The van der Waals surface area contributed by atoms with E-state index in [-0.39, 0.29) is 0 Å². The Morgan fingerprint density at radius 1 is 1.07 bits per heavy atom. The summed E-state index contributed by atoms with van der Waals surface area (Å²) in [5.41, 5.74) is 3.47. The van der Waals surface area contributed by atoms with Crippen LogP contribution in [0.2, 0.25) is 0 Å². The van der Waals surface area contributed by atoms with Gasteiger partial charge in [-0.05, 0) is 47.9 Å². The van der Waals surface area contributed by atoms with Gasteiger partial charge in [-0.15, -0.1) is 0 Å². The number of aromatic nitrogens is 2. The zero-order valence-electron chi connectivity index (χ0n) is 15.7. The van der Waals surface area contributed by atoms with Crippen molar-refractivity contribution in [3.05, 3.63) is 78.1 Å². The smallest absolute Gasteiger partial charge is 0.191 e. The summed E-state index contributed by atoms with van der Waals surface area (Å²) in [6.45, 7) is 1.49. The molecule has 140 valence electrons. The van der Waals surface area contributed by atoms with Gasteiger partial charge in [-0.1, -0.05) is 24.3 Å². The predicted octanol–water partition coefficient (Wildman–Crippen LogP) is 2.79. The summed E-state index contributed by atoms with van der Waals surface area (Å²) < 4.78 is 7.11. The molecule has 0 saturated carbocycles. The average Bonchev–Trinajstić information content (AvgIpc) is 3.26. The van der Waals surface area contributed by atoms with Crippen molar-refractivity contribution in [2.24, 2.45) is 4.99 Å². The molecular weight excluding hydrogens is 338 g/mol. The van der Waals surface area contributed by atoms with E-state index in [4.69, 9.17) is 4.74 Å². The Morgan fingerprint density at radius 2 is 1.93 bits per heavy atom. The fourth-order valence-corrected chi connectivity index (χ4v) is 2.75. The van der Waals surface area contributed by atoms with Crippen LogP contribution in [-0.2, 0) is 13.0 Å². The Kier molecular flexibility index (Phi) is 6.46. The number of hydrogen-bond donors (Lipinski definition) is 2. The first kappa shape index (κ1) is 18.5. The van der Waals surface area contributed by atoms with Gasteiger partial charge in [-0.2, -0.15) is 5.10 Å². The van der Waals surface area contributed by atoms with Gasteiger partial charge >= 0.3 is 0 Å². The van der Waals surface area contributed by atoms with Crippen LogP contribution in [0, 0.1) is 0 Å². The fourth-order valence-electron chi connectivity index (χ4n) is 2.75. The summed E-state index contributed by atoms with van der Waals surface area (Å²) in [5.74, 6) is 1.64. The van der Waals surface area contributed by atoms with Crippen LogP contribution < -0.4 is 15.4 Å². The van der Waals surface area contributed by atoms with Gasteiger partial charge < -0.3 is 15.4 Å². The summed E-state index contributed by atoms with van der Waals surface area (Å²) >= 11 is 0. The van der Waals surface area contributed by atoms with Crippen molar-refractivity contribution in [2.75, 3.05) is 20.7 Å². The molecule has 6 nitrogen and oxygen atoms in total. The van der Waals surface area contributed by atoms with Crippen LogP contribution in [0.4, 0.5) is 0 Å². The number of benzene rings is 2. The second-order valence-electron chi connectivity index (χ2n) is 6.07. The Morgan fingerprint density at radius 3 is 2.63 bits per heavy atom. The summed E-state index contributed by atoms with van der Waals surface area (Å²) in [6, 6.07) is 18.3. The topological polar surface area (TPSA) is 63.5 Å². The molecule has 0 spiro atoms. The first-order valence-corrected chi connectivity index (χ1v) is 8.95. The lowest BCUT2D eigenvalue weighted by atomic mass is 10.1. The van der Waals surface area contributed by atoms with Crippen molar-refractivity contribution in [3.63, 3.8) is 0 Å². The molecule has 0 unspecified atom stereocenters. The van der Waals surface area contributed by atoms with Crippen molar-refractivity contribution in [3.8, 4) is 11.4 Å². The highest BCUT2D eigenvalue weighted by Crippen LogP contribution is 2.12. The number of methoxy groups -OCH3 is 1. The highest BCUT2D eigenvalue weighted by atomic mass is 16.5. The molecule has 0 saturated heterocycles. The van der Waals surface area contributed by atoms with Crippen LogP contribution in [0.25, 0.3) is 5.69 Å². The van der Waals surface area contributed by atoms with Gasteiger partial charge in [0.15, 0.2) is 5.96 Å². The van der Waals surface area contributed by atoms with Crippen molar-refractivity contribution >= 4 is 5.96 Å². The summed E-state index contributed by atoms with van der Waals surface area (Å²) in [4.78, 5) is 4.28. The maximum Gasteiger partial charge on any atom is 0.191 e. The SMILES string of the molecule is CN=C(NCCc1ccc(-n2cccn2)cc1)NCc1cccc(OC)c1. The number of aliphatic imine (C=N–C) groups is 1. The normalized spacial score (nSPS) is 11.3. The van der Waals surface area contributed by atoms with E-state index >= 15 is 0 Å². The Balaban J connectivity index is 1.45. The van der Waals surface area contributed by atoms with E-state index in [0.717, 1.165) is 35.9 Å². The minimum absolute atomic E-state index is 0.690. The molecule has 0 atom stereocenters. The minimum atomic E-state index is 0.690. The van der Waals surface area contributed by atoms with Gasteiger partial charge in [0.25, 0.3) is 0 Å². The lowest BCUT2D eigenvalue weighted by molar-refractivity contribution is 0.414. The Bertz CT molecular complexity index is 857. The largest absolute Gasteiger partial charge is 0.497 e. The molecule has 3 rings (SSSR count). The standard InChI is InChI=1S/C21H25N5O/c1-22-21(24-16-18-5-3-6-20(15-18)27-2)23-13-11-17-7-9-19(10-8-17)26-14-4-12-25-26/h3-10,12,14-15H,11,13,16H2,1-2H3,(H2,22,23,24). The molecule has 27 heavy (non-hydrogen) atoms. The van der Waals surface area contributed by atoms with E-state index in [1.54, 1.807) is 20.4 Å². The summed E-state index contributed by atoms with van der Waals surface area (Å²) in [6.07, 6.45) is 4.63. The average molecular weight is 363 g/mol. The van der Waals surface area contributed by atoms with Crippen LogP contribution >= 0.6 is 0 Å². The number of nitrogens with one attached hydrogen (secondary N) is 2. The van der Waals surface area contributed by atoms with Gasteiger partial charge in [0.2, 0.25) is 0 Å². The number of ether oxygens (including phenoxy) is 1. The third kappa shape index (κ3) is 5.34. The van der Waals surface area contributed by atoms with Crippen LogP contribution in [-0.4, -0.2) is 36.4 Å². The first-order chi connectivity index (χ1) is 13.3. The second kappa shape index (κ2) is 9.43. The molecule has 0 bridgehead atoms. The molecule has 3 aromatic rings. The van der Waals surface area contributed by atoms with Crippen molar-refractivity contribution < 1.29 is 4.74 Å². The molecule has 0 amide bonds. The maximum atomic E-state index is 5.25. The second-order valence-corrected chi connectivity index (χ2v) is 6.07. The van der Waals surface area contributed by atoms with Crippen LogP contribution in [0.15, 0.2) is 72.0 Å². The van der Waals surface area contributed by atoms with E-state index in [1.807, 2.05) is 35.1 Å². The molecule has 0 aliphatic carbocycles. The highest BCUT2D eigenvalue weighted by Gasteiger charge is 2.01. The molecule has 0 aliphatic heterocycles.